The molecule has 1 heterocycles. The fraction of sp³-hybridized carbons (Fsp3) is 0.714. The topological polar surface area (TPSA) is 77.0 Å². The minimum atomic E-state index is -0.00125. The Morgan fingerprint density at radius 1 is 1.62 bits per heavy atom. The van der Waals surface area contributed by atoms with Crippen LogP contribution in [0.5, 0.6) is 0 Å². The van der Waals surface area contributed by atoms with Crippen LogP contribution in [0.1, 0.15) is 24.6 Å². The highest BCUT2D eigenvalue weighted by atomic mass is 35.5. The SMILES string of the molecule is Cl.N[C@H]1C[C@H](n2nncc2CO)C1. The highest BCUT2D eigenvalue weighted by molar-refractivity contribution is 5.85. The molecule has 0 unspecified atom stereocenters. The molecule has 0 radical (unpaired) electrons. The second-order valence-electron chi connectivity index (χ2n) is 3.21. The Hall–Kier alpha value is -0.650. The van der Waals surface area contributed by atoms with Crippen LogP contribution in [0.4, 0.5) is 0 Å². The number of nitrogens with two attached hydrogens (primary N) is 1. The van der Waals surface area contributed by atoms with E-state index < -0.39 is 0 Å². The fourth-order valence-electron chi connectivity index (χ4n) is 1.52. The lowest BCUT2D eigenvalue weighted by Crippen LogP contribution is -2.38. The normalized spacial score (nSPS) is 26.3. The van der Waals surface area contributed by atoms with Gasteiger partial charge in [0.15, 0.2) is 0 Å². The lowest BCUT2D eigenvalue weighted by Gasteiger charge is -2.32. The molecule has 1 fully saturated rings. The monoisotopic (exact) mass is 204 g/mol. The van der Waals surface area contributed by atoms with Gasteiger partial charge in [0, 0.05) is 6.04 Å². The molecule has 0 amide bonds. The first kappa shape index (κ1) is 10.4. The number of hydrogen-bond donors (Lipinski definition) is 2. The molecule has 0 bridgehead atoms. The van der Waals surface area contributed by atoms with E-state index in [0.29, 0.717) is 12.1 Å². The van der Waals surface area contributed by atoms with Crippen LogP contribution in [-0.4, -0.2) is 26.1 Å². The average Bonchev–Trinajstić information content (AvgIpc) is 2.45. The van der Waals surface area contributed by atoms with Crippen LogP contribution in [0, 0.1) is 0 Å². The van der Waals surface area contributed by atoms with Crippen molar-refractivity contribution in [2.45, 2.75) is 31.5 Å². The van der Waals surface area contributed by atoms with Gasteiger partial charge in [0.25, 0.3) is 0 Å². The molecule has 0 aliphatic heterocycles. The first-order valence-electron chi connectivity index (χ1n) is 4.06. The van der Waals surface area contributed by atoms with Crippen molar-refractivity contribution in [2.75, 3.05) is 0 Å². The molecule has 6 heteroatoms. The lowest BCUT2D eigenvalue weighted by molar-refractivity contribution is 0.212. The van der Waals surface area contributed by atoms with E-state index in [9.17, 15) is 0 Å². The Labute approximate surface area is 82.3 Å². The molecule has 5 nitrogen and oxygen atoms in total. The largest absolute Gasteiger partial charge is 0.390 e. The number of aromatic nitrogens is 3. The van der Waals surface area contributed by atoms with Crippen LogP contribution >= 0.6 is 12.4 Å². The summed E-state index contributed by atoms with van der Waals surface area (Å²) in [4.78, 5) is 0. The molecular weight excluding hydrogens is 192 g/mol. The van der Waals surface area contributed by atoms with Crippen LogP contribution in [-0.2, 0) is 6.61 Å². The van der Waals surface area contributed by atoms with Crippen molar-refractivity contribution < 1.29 is 5.11 Å². The summed E-state index contributed by atoms with van der Waals surface area (Å²) in [5.74, 6) is 0. The summed E-state index contributed by atoms with van der Waals surface area (Å²) >= 11 is 0. The van der Waals surface area contributed by atoms with E-state index in [1.165, 1.54) is 0 Å². The lowest BCUT2D eigenvalue weighted by atomic mass is 9.88. The molecule has 0 spiro atoms. The third kappa shape index (κ3) is 1.82. The zero-order valence-corrected chi connectivity index (χ0v) is 7.94. The van der Waals surface area contributed by atoms with Crippen LogP contribution in [0.25, 0.3) is 0 Å². The number of halogens is 1. The van der Waals surface area contributed by atoms with Crippen molar-refractivity contribution in [3.63, 3.8) is 0 Å². The molecular formula is C7H13ClN4O. The number of rotatable bonds is 2. The predicted molar refractivity (Wildman–Crippen MR) is 49.4 cm³/mol. The second-order valence-corrected chi connectivity index (χ2v) is 3.21. The van der Waals surface area contributed by atoms with Crippen molar-refractivity contribution in [1.29, 1.82) is 0 Å². The number of nitrogens with zero attached hydrogens (tertiary/aromatic N) is 3. The molecule has 1 aromatic heterocycles. The number of aliphatic hydroxyl groups excluding tert-OH is 1. The van der Waals surface area contributed by atoms with Gasteiger partial charge in [0.05, 0.1) is 24.5 Å². The molecule has 74 valence electrons. The summed E-state index contributed by atoms with van der Waals surface area (Å²) < 4.78 is 1.77. The maximum absolute atomic E-state index is 8.91. The van der Waals surface area contributed by atoms with Gasteiger partial charge in [0.2, 0.25) is 0 Å². The highest BCUT2D eigenvalue weighted by Crippen LogP contribution is 2.30. The maximum atomic E-state index is 8.91. The average molecular weight is 205 g/mol. The highest BCUT2D eigenvalue weighted by Gasteiger charge is 2.29. The van der Waals surface area contributed by atoms with E-state index in [-0.39, 0.29) is 19.0 Å². The van der Waals surface area contributed by atoms with E-state index in [4.69, 9.17) is 10.8 Å². The van der Waals surface area contributed by atoms with E-state index >= 15 is 0 Å². The van der Waals surface area contributed by atoms with Crippen molar-refractivity contribution in [3.05, 3.63) is 11.9 Å². The molecule has 1 aliphatic carbocycles. The summed E-state index contributed by atoms with van der Waals surface area (Å²) in [6.07, 6.45) is 3.47. The maximum Gasteiger partial charge on any atom is 0.0866 e. The van der Waals surface area contributed by atoms with Gasteiger partial charge in [-0.15, -0.1) is 17.5 Å². The minimum Gasteiger partial charge on any atom is -0.390 e. The summed E-state index contributed by atoms with van der Waals surface area (Å²) in [6, 6.07) is 0.649. The van der Waals surface area contributed by atoms with Gasteiger partial charge < -0.3 is 10.8 Å². The van der Waals surface area contributed by atoms with Crippen LogP contribution in [0.3, 0.4) is 0 Å². The number of hydrogen-bond acceptors (Lipinski definition) is 4. The van der Waals surface area contributed by atoms with Crippen molar-refractivity contribution in [1.82, 2.24) is 15.0 Å². The molecule has 0 saturated heterocycles. The van der Waals surface area contributed by atoms with E-state index in [1.807, 2.05) is 0 Å². The van der Waals surface area contributed by atoms with Gasteiger partial charge in [-0.1, -0.05) is 5.21 Å². The third-order valence-corrected chi connectivity index (χ3v) is 2.31. The van der Waals surface area contributed by atoms with Crippen LogP contribution in [0.2, 0.25) is 0 Å². The summed E-state index contributed by atoms with van der Waals surface area (Å²) in [5, 5.41) is 16.5. The van der Waals surface area contributed by atoms with Crippen LogP contribution < -0.4 is 5.73 Å². The molecule has 1 aliphatic rings. The van der Waals surface area contributed by atoms with Gasteiger partial charge >= 0.3 is 0 Å². The molecule has 1 saturated carbocycles. The Bertz CT molecular complexity index is 271. The smallest absolute Gasteiger partial charge is 0.0866 e. The molecule has 0 aromatic carbocycles. The summed E-state index contributed by atoms with van der Waals surface area (Å²) in [7, 11) is 0. The van der Waals surface area contributed by atoms with Gasteiger partial charge in [-0.05, 0) is 12.8 Å². The van der Waals surface area contributed by atoms with Gasteiger partial charge in [0.1, 0.15) is 0 Å². The van der Waals surface area contributed by atoms with Gasteiger partial charge in [-0.2, -0.15) is 0 Å². The standard InChI is InChI=1S/C7H12N4O.ClH/c8-5-1-6(2-5)11-7(4-12)3-9-10-11;/h3,5-6,12H,1-2,4,8H2;1H/t5-,6-;. The van der Waals surface area contributed by atoms with Gasteiger partial charge in [-0.25, -0.2) is 4.68 Å². The Morgan fingerprint density at radius 3 is 2.85 bits per heavy atom. The molecule has 3 N–H and O–H groups in total. The Kier molecular flexibility index (Phi) is 3.24. The fourth-order valence-corrected chi connectivity index (χ4v) is 1.52. The molecule has 2 rings (SSSR count). The zero-order valence-electron chi connectivity index (χ0n) is 7.13. The Morgan fingerprint density at radius 2 is 2.31 bits per heavy atom. The van der Waals surface area contributed by atoms with E-state index in [0.717, 1.165) is 18.5 Å². The third-order valence-electron chi connectivity index (χ3n) is 2.31. The molecule has 13 heavy (non-hydrogen) atoms. The molecule has 0 atom stereocenters. The predicted octanol–water partition coefficient (Wildman–Crippen LogP) is -0.146. The minimum absolute atomic E-state index is 0. The summed E-state index contributed by atoms with van der Waals surface area (Å²) in [5.41, 5.74) is 6.41. The molecule has 1 aromatic rings. The van der Waals surface area contributed by atoms with Crippen molar-refractivity contribution >= 4 is 12.4 Å². The first-order chi connectivity index (χ1) is 5.81. The summed E-state index contributed by atoms with van der Waals surface area (Å²) in [6.45, 7) is -0.00125. The van der Waals surface area contributed by atoms with E-state index in [2.05, 4.69) is 10.3 Å². The first-order valence-corrected chi connectivity index (χ1v) is 4.06. The van der Waals surface area contributed by atoms with Crippen molar-refractivity contribution in [3.8, 4) is 0 Å². The Balaban J connectivity index is 0.000000845. The number of aliphatic hydroxyl groups is 1. The quantitative estimate of drug-likeness (QED) is 0.703. The van der Waals surface area contributed by atoms with Crippen molar-refractivity contribution in [2.24, 2.45) is 5.73 Å². The van der Waals surface area contributed by atoms with E-state index in [1.54, 1.807) is 10.9 Å². The second kappa shape index (κ2) is 4.04. The van der Waals surface area contributed by atoms with Crippen LogP contribution in [0.15, 0.2) is 6.20 Å². The zero-order chi connectivity index (χ0) is 8.55. The van der Waals surface area contributed by atoms with Gasteiger partial charge in [-0.3, -0.25) is 0 Å².